The van der Waals surface area contributed by atoms with Crippen molar-refractivity contribution >= 4 is 0 Å². The standard InChI is InChI=1S/C17H38N2/c1-8-15(9-2)14-16(18-11-4)17(7,10-3)19(12-5)13-6/h15-16,18H,8-14H2,1-7H3. The molecular formula is C17H38N2. The van der Waals surface area contributed by atoms with E-state index in [1.54, 1.807) is 0 Å². The number of nitrogens with one attached hydrogen (secondary N) is 1. The summed E-state index contributed by atoms with van der Waals surface area (Å²) in [6, 6.07) is 0.604. The molecule has 0 radical (unpaired) electrons. The lowest BCUT2D eigenvalue weighted by Crippen LogP contribution is -2.59. The molecule has 0 aromatic carbocycles. The largest absolute Gasteiger partial charge is 0.312 e. The second kappa shape index (κ2) is 9.77. The third kappa shape index (κ3) is 5.07. The lowest BCUT2D eigenvalue weighted by Gasteiger charge is -2.47. The van der Waals surface area contributed by atoms with Gasteiger partial charge in [-0.1, -0.05) is 54.4 Å². The Morgan fingerprint density at radius 1 is 0.947 bits per heavy atom. The van der Waals surface area contributed by atoms with Gasteiger partial charge in [0.2, 0.25) is 0 Å². The van der Waals surface area contributed by atoms with E-state index >= 15 is 0 Å². The second-order valence-corrected chi connectivity index (χ2v) is 5.91. The first-order valence-corrected chi connectivity index (χ1v) is 8.52. The van der Waals surface area contributed by atoms with Gasteiger partial charge in [-0.3, -0.25) is 4.90 Å². The maximum Gasteiger partial charge on any atom is 0.0331 e. The molecular weight excluding hydrogens is 232 g/mol. The van der Waals surface area contributed by atoms with E-state index in [2.05, 4.69) is 58.7 Å². The van der Waals surface area contributed by atoms with Gasteiger partial charge in [0, 0.05) is 11.6 Å². The summed E-state index contributed by atoms with van der Waals surface area (Å²) in [5.74, 6) is 0.852. The van der Waals surface area contributed by atoms with E-state index < -0.39 is 0 Å². The van der Waals surface area contributed by atoms with Crippen molar-refractivity contribution in [2.45, 2.75) is 85.7 Å². The van der Waals surface area contributed by atoms with E-state index in [-0.39, 0.29) is 5.54 Å². The van der Waals surface area contributed by atoms with Crippen LogP contribution in [0.1, 0.15) is 74.1 Å². The van der Waals surface area contributed by atoms with E-state index in [1.807, 2.05) is 0 Å². The minimum absolute atomic E-state index is 0.280. The summed E-state index contributed by atoms with van der Waals surface area (Å²) in [6.07, 6.45) is 5.13. The molecule has 0 spiro atoms. The zero-order valence-electron chi connectivity index (χ0n) is 14.6. The summed E-state index contributed by atoms with van der Waals surface area (Å²) < 4.78 is 0. The molecule has 0 aliphatic carbocycles. The maximum absolute atomic E-state index is 3.78. The van der Waals surface area contributed by atoms with Gasteiger partial charge in [0.1, 0.15) is 0 Å². The van der Waals surface area contributed by atoms with E-state index in [0.717, 1.165) is 25.6 Å². The van der Waals surface area contributed by atoms with Crippen LogP contribution in [0.15, 0.2) is 0 Å². The fourth-order valence-electron chi connectivity index (χ4n) is 3.40. The smallest absolute Gasteiger partial charge is 0.0331 e. The van der Waals surface area contributed by atoms with Crippen molar-refractivity contribution in [2.24, 2.45) is 5.92 Å². The van der Waals surface area contributed by atoms with Gasteiger partial charge in [0.05, 0.1) is 0 Å². The predicted octanol–water partition coefficient (Wildman–Crippen LogP) is 4.30. The molecule has 0 bridgehead atoms. The van der Waals surface area contributed by atoms with Crippen LogP contribution in [-0.4, -0.2) is 36.1 Å². The molecule has 0 amide bonds. The molecule has 0 fully saturated rings. The number of likely N-dealkylation sites (N-methyl/N-ethyl adjacent to an activating group) is 2. The Morgan fingerprint density at radius 2 is 1.47 bits per heavy atom. The van der Waals surface area contributed by atoms with Crippen molar-refractivity contribution in [3.05, 3.63) is 0 Å². The van der Waals surface area contributed by atoms with Gasteiger partial charge in [0.15, 0.2) is 0 Å². The van der Waals surface area contributed by atoms with Crippen LogP contribution in [0.5, 0.6) is 0 Å². The van der Waals surface area contributed by atoms with Crippen LogP contribution in [0.2, 0.25) is 0 Å². The molecule has 0 rings (SSSR count). The van der Waals surface area contributed by atoms with Crippen LogP contribution in [0, 0.1) is 5.92 Å². The van der Waals surface area contributed by atoms with E-state index in [0.29, 0.717) is 6.04 Å². The summed E-state index contributed by atoms with van der Waals surface area (Å²) in [5.41, 5.74) is 0.280. The van der Waals surface area contributed by atoms with Gasteiger partial charge in [-0.05, 0) is 45.3 Å². The fourth-order valence-corrected chi connectivity index (χ4v) is 3.40. The highest BCUT2D eigenvalue weighted by molar-refractivity contribution is 4.96. The third-order valence-electron chi connectivity index (χ3n) is 5.13. The molecule has 0 aliphatic rings. The van der Waals surface area contributed by atoms with Crippen LogP contribution >= 0.6 is 0 Å². The molecule has 19 heavy (non-hydrogen) atoms. The monoisotopic (exact) mass is 270 g/mol. The van der Waals surface area contributed by atoms with Gasteiger partial charge >= 0.3 is 0 Å². The number of hydrogen-bond acceptors (Lipinski definition) is 2. The Morgan fingerprint density at radius 3 is 1.79 bits per heavy atom. The van der Waals surface area contributed by atoms with Gasteiger partial charge in [-0.15, -0.1) is 0 Å². The minimum atomic E-state index is 0.280. The van der Waals surface area contributed by atoms with Gasteiger partial charge in [0.25, 0.3) is 0 Å². The molecule has 0 saturated heterocycles. The van der Waals surface area contributed by atoms with Crippen LogP contribution in [0.3, 0.4) is 0 Å². The average molecular weight is 271 g/mol. The topological polar surface area (TPSA) is 15.3 Å². The van der Waals surface area contributed by atoms with Crippen LogP contribution in [0.25, 0.3) is 0 Å². The first kappa shape index (κ1) is 18.9. The molecule has 2 heteroatoms. The summed E-state index contributed by atoms with van der Waals surface area (Å²) >= 11 is 0. The summed E-state index contributed by atoms with van der Waals surface area (Å²) in [6.45, 7) is 19.6. The molecule has 1 N–H and O–H groups in total. The molecule has 2 unspecified atom stereocenters. The van der Waals surface area contributed by atoms with E-state index in [4.69, 9.17) is 0 Å². The molecule has 0 aliphatic heterocycles. The Balaban J connectivity index is 5.06. The lowest BCUT2D eigenvalue weighted by atomic mass is 9.80. The summed E-state index contributed by atoms with van der Waals surface area (Å²) in [5, 5.41) is 3.78. The molecule has 0 heterocycles. The van der Waals surface area contributed by atoms with Crippen molar-refractivity contribution in [1.29, 1.82) is 0 Å². The summed E-state index contributed by atoms with van der Waals surface area (Å²) in [4.78, 5) is 2.64. The SMILES string of the molecule is CCNC(CC(CC)CC)C(C)(CC)N(CC)CC. The van der Waals surface area contributed by atoms with Crippen LogP contribution in [0.4, 0.5) is 0 Å². The Bertz CT molecular complexity index is 209. The van der Waals surface area contributed by atoms with Gasteiger partial charge < -0.3 is 5.32 Å². The minimum Gasteiger partial charge on any atom is -0.312 e. The van der Waals surface area contributed by atoms with Crippen molar-refractivity contribution < 1.29 is 0 Å². The quantitative estimate of drug-likeness (QED) is 0.602. The van der Waals surface area contributed by atoms with Crippen molar-refractivity contribution in [3.8, 4) is 0 Å². The molecule has 0 aromatic heterocycles. The average Bonchev–Trinajstić information content (AvgIpc) is 2.44. The zero-order chi connectivity index (χ0) is 14.9. The maximum atomic E-state index is 3.78. The number of nitrogens with zero attached hydrogens (tertiary/aromatic N) is 1. The Kier molecular flexibility index (Phi) is 9.72. The van der Waals surface area contributed by atoms with Crippen molar-refractivity contribution in [2.75, 3.05) is 19.6 Å². The summed E-state index contributed by atoms with van der Waals surface area (Å²) in [7, 11) is 0. The first-order valence-electron chi connectivity index (χ1n) is 8.52. The highest BCUT2D eigenvalue weighted by Crippen LogP contribution is 2.29. The van der Waals surface area contributed by atoms with Crippen LogP contribution in [-0.2, 0) is 0 Å². The Hall–Kier alpha value is -0.0800. The normalized spacial score (nSPS) is 16.9. The van der Waals surface area contributed by atoms with Crippen LogP contribution < -0.4 is 5.32 Å². The van der Waals surface area contributed by atoms with E-state index in [9.17, 15) is 0 Å². The van der Waals surface area contributed by atoms with Crippen molar-refractivity contribution in [1.82, 2.24) is 10.2 Å². The van der Waals surface area contributed by atoms with Crippen molar-refractivity contribution in [3.63, 3.8) is 0 Å². The van der Waals surface area contributed by atoms with Gasteiger partial charge in [-0.25, -0.2) is 0 Å². The highest BCUT2D eigenvalue weighted by Gasteiger charge is 2.37. The zero-order valence-corrected chi connectivity index (χ0v) is 14.6. The predicted molar refractivity (Wildman–Crippen MR) is 87.8 cm³/mol. The second-order valence-electron chi connectivity index (χ2n) is 5.91. The third-order valence-corrected chi connectivity index (χ3v) is 5.13. The molecule has 0 aromatic rings. The molecule has 0 saturated carbocycles. The molecule has 116 valence electrons. The van der Waals surface area contributed by atoms with E-state index in [1.165, 1.54) is 25.7 Å². The molecule has 2 atom stereocenters. The molecule has 2 nitrogen and oxygen atoms in total. The Labute approximate surface area is 122 Å². The number of hydrogen-bond donors (Lipinski definition) is 1. The highest BCUT2D eigenvalue weighted by atomic mass is 15.2. The fraction of sp³-hybridized carbons (Fsp3) is 1.00. The lowest BCUT2D eigenvalue weighted by molar-refractivity contribution is 0.0598. The first-order chi connectivity index (χ1) is 9.03. The van der Waals surface area contributed by atoms with Gasteiger partial charge in [-0.2, -0.15) is 0 Å². The number of rotatable bonds is 11.